The smallest absolute Gasteiger partial charge is 0.407 e. The van der Waals surface area contributed by atoms with Crippen LogP contribution in [0.15, 0.2) is 30.3 Å². The van der Waals surface area contributed by atoms with Gasteiger partial charge in [0.1, 0.15) is 12.2 Å². The Balaban J connectivity index is 1.24. The van der Waals surface area contributed by atoms with Crippen molar-refractivity contribution >= 4 is 6.09 Å². The van der Waals surface area contributed by atoms with Crippen molar-refractivity contribution in [2.75, 3.05) is 13.2 Å². The van der Waals surface area contributed by atoms with Crippen molar-refractivity contribution in [3.05, 3.63) is 35.9 Å². The quantitative estimate of drug-likeness (QED) is 0.844. The minimum atomic E-state index is -0.338. The van der Waals surface area contributed by atoms with Crippen LogP contribution in [0.5, 0.6) is 0 Å². The van der Waals surface area contributed by atoms with Crippen LogP contribution in [0.25, 0.3) is 0 Å². The molecule has 26 heavy (non-hydrogen) atoms. The Kier molecular flexibility index (Phi) is 5.72. The van der Waals surface area contributed by atoms with Crippen molar-refractivity contribution in [3.63, 3.8) is 0 Å². The summed E-state index contributed by atoms with van der Waals surface area (Å²) >= 11 is 0. The average Bonchev–Trinajstić information content (AvgIpc) is 3.25. The fourth-order valence-electron chi connectivity index (χ4n) is 4.17. The minimum Gasteiger partial charge on any atom is -0.441 e. The van der Waals surface area contributed by atoms with Gasteiger partial charge in [0.15, 0.2) is 6.10 Å². The molecule has 6 heteroatoms. The van der Waals surface area contributed by atoms with Gasteiger partial charge < -0.3 is 24.8 Å². The van der Waals surface area contributed by atoms with E-state index in [9.17, 15) is 4.79 Å². The Bertz CT molecular complexity index is 591. The van der Waals surface area contributed by atoms with E-state index >= 15 is 0 Å². The number of alkyl carbamates (subject to hydrolysis) is 1. The third kappa shape index (κ3) is 4.19. The minimum absolute atomic E-state index is 0.0637. The zero-order valence-corrected chi connectivity index (χ0v) is 15.1. The molecule has 0 radical (unpaired) electrons. The summed E-state index contributed by atoms with van der Waals surface area (Å²) < 4.78 is 17.4. The summed E-state index contributed by atoms with van der Waals surface area (Å²) in [4.78, 5) is 12.2. The van der Waals surface area contributed by atoms with Crippen LogP contribution >= 0.6 is 0 Å². The molecule has 4 unspecified atom stereocenters. The fourth-order valence-corrected chi connectivity index (χ4v) is 4.17. The standard InChI is InChI=1S/C20H28N2O4/c23-20(22-15-9-5-2-6-10-15)26-17-13-25-18-16(12-24-19(17)18)21-11-14-7-3-1-4-8-14/h1,3-4,7-8,15-19,21H,2,5-6,9-13H2,(H,22,23). The highest BCUT2D eigenvalue weighted by atomic mass is 16.6. The van der Waals surface area contributed by atoms with E-state index in [4.69, 9.17) is 14.2 Å². The molecular weight excluding hydrogens is 332 g/mol. The normalized spacial score (nSPS) is 31.5. The number of carbonyl (C=O) groups excluding carboxylic acids is 1. The third-order valence-electron chi connectivity index (χ3n) is 5.60. The van der Waals surface area contributed by atoms with Crippen LogP contribution in [0.3, 0.4) is 0 Å². The summed E-state index contributed by atoms with van der Waals surface area (Å²) in [5.41, 5.74) is 1.23. The van der Waals surface area contributed by atoms with Gasteiger partial charge in [-0.2, -0.15) is 0 Å². The Morgan fingerprint density at radius 2 is 1.81 bits per heavy atom. The number of hydrogen-bond acceptors (Lipinski definition) is 5. The zero-order valence-electron chi connectivity index (χ0n) is 15.1. The molecule has 0 aromatic heterocycles. The topological polar surface area (TPSA) is 68.8 Å². The van der Waals surface area contributed by atoms with Crippen molar-refractivity contribution in [2.45, 2.75) is 69.0 Å². The summed E-state index contributed by atoms with van der Waals surface area (Å²) in [6.07, 6.45) is 4.81. The highest BCUT2D eigenvalue weighted by molar-refractivity contribution is 5.68. The van der Waals surface area contributed by atoms with E-state index < -0.39 is 0 Å². The molecule has 3 fully saturated rings. The van der Waals surface area contributed by atoms with Crippen LogP contribution in [0, 0.1) is 0 Å². The maximum atomic E-state index is 12.2. The summed E-state index contributed by atoms with van der Waals surface area (Å²) in [7, 11) is 0. The first kappa shape index (κ1) is 17.8. The van der Waals surface area contributed by atoms with E-state index in [0.29, 0.717) is 13.2 Å². The van der Waals surface area contributed by atoms with Gasteiger partial charge in [0, 0.05) is 12.6 Å². The van der Waals surface area contributed by atoms with Gasteiger partial charge in [0.25, 0.3) is 0 Å². The highest BCUT2D eigenvalue weighted by Crippen LogP contribution is 2.29. The van der Waals surface area contributed by atoms with Crippen LogP contribution in [0.1, 0.15) is 37.7 Å². The molecule has 2 heterocycles. The maximum Gasteiger partial charge on any atom is 0.407 e. The Labute approximate surface area is 154 Å². The number of amides is 1. The van der Waals surface area contributed by atoms with Crippen molar-refractivity contribution in [3.8, 4) is 0 Å². The highest BCUT2D eigenvalue weighted by Gasteiger charge is 2.49. The van der Waals surface area contributed by atoms with Gasteiger partial charge in [-0.1, -0.05) is 49.6 Å². The molecule has 1 saturated carbocycles. The summed E-state index contributed by atoms with van der Waals surface area (Å²) in [5.74, 6) is 0. The Morgan fingerprint density at radius 1 is 1.04 bits per heavy atom. The molecule has 2 N–H and O–H groups in total. The Morgan fingerprint density at radius 3 is 2.62 bits per heavy atom. The molecule has 1 aliphatic carbocycles. The molecule has 6 nitrogen and oxygen atoms in total. The average molecular weight is 360 g/mol. The van der Waals surface area contributed by atoms with Gasteiger partial charge in [-0.3, -0.25) is 0 Å². The van der Waals surface area contributed by atoms with E-state index in [1.165, 1.54) is 24.8 Å². The fraction of sp³-hybridized carbons (Fsp3) is 0.650. The largest absolute Gasteiger partial charge is 0.441 e. The van der Waals surface area contributed by atoms with Gasteiger partial charge in [-0.15, -0.1) is 0 Å². The van der Waals surface area contributed by atoms with E-state index in [1.807, 2.05) is 18.2 Å². The molecular formula is C20H28N2O4. The summed E-state index contributed by atoms with van der Waals surface area (Å²) in [6.45, 7) is 1.75. The molecule has 1 aromatic rings. The maximum absolute atomic E-state index is 12.2. The van der Waals surface area contributed by atoms with Gasteiger partial charge in [0.2, 0.25) is 0 Å². The van der Waals surface area contributed by atoms with Crippen LogP contribution < -0.4 is 10.6 Å². The van der Waals surface area contributed by atoms with Crippen LogP contribution in [0.2, 0.25) is 0 Å². The number of carbonyl (C=O) groups is 1. The first-order valence-electron chi connectivity index (χ1n) is 9.77. The molecule has 0 bridgehead atoms. The van der Waals surface area contributed by atoms with Crippen molar-refractivity contribution in [1.29, 1.82) is 0 Å². The van der Waals surface area contributed by atoms with Crippen molar-refractivity contribution in [1.82, 2.24) is 10.6 Å². The number of fused-ring (bicyclic) bond motifs is 1. The zero-order chi connectivity index (χ0) is 17.8. The van der Waals surface area contributed by atoms with Crippen LogP contribution in [0.4, 0.5) is 4.79 Å². The lowest BCUT2D eigenvalue weighted by Crippen LogP contribution is -2.43. The molecule has 1 amide bonds. The second-order valence-electron chi connectivity index (χ2n) is 7.49. The van der Waals surface area contributed by atoms with Gasteiger partial charge in [0.05, 0.1) is 19.3 Å². The predicted octanol–water partition coefficient (Wildman–Crippen LogP) is 2.37. The number of rotatable bonds is 5. The molecule has 4 rings (SSSR count). The molecule has 2 saturated heterocycles. The van der Waals surface area contributed by atoms with E-state index in [-0.39, 0.29) is 36.5 Å². The van der Waals surface area contributed by atoms with Gasteiger partial charge in [-0.05, 0) is 18.4 Å². The number of hydrogen-bond donors (Lipinski definition) is 2. The van der Waals surface area contributed by atoms with Crippen LogP contribution in [-0.2, 0) is 20.8 Å². The van der Waals surface area contributed by atoms with E-state index in [1.54, 1.807) is 0 Å². The van der Waals surface area contributed by atoms with Gasteiger partial charge >= 0.3 is 6.09 Å². The molecule has 142 valence electrons. The second kappa shape index (κ2) is 8.37. The molecule has 1 aromatic carbocycles. The monoisotopic (exact) mass is 360 g/mol. The lowest BCUT2D eigenvalue weighted by molar-refractivity contribution is 0.00252. The number of ether oxygens (including phenoxy) is 3. The number of nitrogens with one attached hydrogen (secondary N) is 2. The van der Waals surface area contributed by atoms with E-state index in [2.05, 4.69) is 22.8 Å². The SMILES string of the molecule is O=C(NC1CCCCC1)OC1COC2C(NCc3ccccc3)COC12. The third-order valence-corrected chi connectivity index (χ3v) is 5.60. The molecule has 4 atom stereocenters. The van der Waals surface area contributed by atoms with Crippen LogP contribution in [-0.4, -0.2) is 49.7 Å². The van der Waals surface area contributed by atoms with Crippen molar-refractivity contribution < 1.29 is 19.0 Å². The summed E-state index contributed by atoms with van der Waals surface area (Å²) in [6, 6.07) is 10.6. The summed E-state index contributed by atoms with van der Waals surface area (Å²) in [5, 5.41) is 6.50. The lowest BCUT2D eigenvalue weighted by atomic mass is 9.96. The predicted molar refractivity (Wildman–Crippen MR) is 96.8 cm³/mol. The van der Waals surface area contributed by atoms with E-state index in [0.717, 1.165) is 19.4 Å². The Hall–Kier alpha value is -1.63. The van der Waals surface area contributed by atoms with Gasteiger partial charge in [-0.25, -0.2) is 4.79 Å². The molecule has 2 aliphatic heterocycles. The second-order valence-corrected chi connectivity index (χ2v) is 7.49. The first-order chi connectivity index (χ1) is 12.8. The number of benzene rings is 1. The van der Waals surface area contributed by atoms with Crippen molar-refractivity contribution in [2.24, 2.45) is 0 Å². The molecule has 0 spiro atoms. The molecule has 3 aliphatic rings. The first-order valence-corrected chi connectivity index (χ1v) is 9.77. The lowest BCUT2D eigenvalue weighted by Gasteiger charge is -2.24.